The molecule has 17 heavy (non-hydrogen) atoms. The van der Waals surface area contributed by atoms with Gasteiger partial charge in [0, 0.05) is 29.3 Å². The van der Waals surface area contributed by atoms with E-state index in [9.17, 15) is 0 Å². The van der Waals surface area contributed by atoms with Crippen molar-refractivity contribution in [2.75, 3.05) is 11.9 Å². The maximum Gasteiger partial charge on any atom is 0.0410 e. The van der Waals surface area contributed by atoms with E-state index in [1.165, 1.54) is 11.3 Å². The van der Waals surface area contributed by atoms with Gasteiger partial charge in [0.25, 0.3) is 0 Å². The summed E-state index contributed by atoms with van der Waals surface area (Å²) in [6, 6.07) is 7.18. The Balaban J connectivity index is 3.03. The Morgan fingerprint density at radius 2 is 2.00 bits per heavy atom. The highest BCUT2D eigenvalue weighted by Gasteiger charge is 2.12. The van der Waals surface area contributed by atoms with Gasteiger partial charge in [-0.25, -0.2) is 0 Å². The molecule has 0 aliphatic rings. The molecule has 1 aromatic rings. The van der Waals surface area contributed by atoms with Crippen LogP contribution in [-0.4, -0.2) is 19.1 Å². The number of benzene rings is 1. The van der Waals surface area contributed by atoms with Crippen molar-refractivity contribution in [1.29, 1.82) is 0 Å². The van der Waals surface area contributed by atoms with Crippen LogP contribution in [0.2, 0.25) is 0 Å². The van der Waals surface area contributed by atoms with Crippen LogP contribution in [0.25, 0.3) is 0 Å². The van der Waals surface area contributed by atoms with E-state index in [2.05, 4.69) is 66.8 Å². The zero-order valence-electron chi connectivity index (χ0n) is 11.2. The number of rotatable bonds is 5. The van der Waals surface area contributed by atoms with Gasteiger partial charge in [-0.15, -0.1) is 0 Å². The van der Waals surface area contributed by atoms with Crippen molar-refractivity contribution < 1.29 is 0 Å². The first-order valence-corrected chi connectivity index (χ1v) is 7.01. The maximum atomic E-state index is 6.06. The molecule has 1 aromatic carbocycles. The Kier molecular flexibility index (Phi) is 5.47. The lowest BCUT2D eigenvalue weighted by atomic mass is 10.0. The lowest BCUT2D eigenvalue weighted by Crippen LogP contribution is -2.28. The topological polar surface area (TPSA) is 29.3 Å². The molecule has 0 heterocycles. The van der Waals surface area contributed by atoms with Crippen LogP contribution in [-0.2, 0) is 6.42 Å². The molecule has 0 amide bonds. The zero-order valence-corrected chi connectivity index (χ0v) is 12.8. The Hall–Kier alpha value is -0.540. The smallest absolute Gasteiger partial charge is 0.0410 e. The van der Waals surface area contributed by atoms with Crippen molar-refractivity contribution in [2.45, 2.75) is 45.7 Å². The highest BCUT2D eigenvalue weighted by molar-refractivity contribution is 9.10. The van der Waals surface area contributed by atoms with Crippen LogP contribution in [0.3, 0.4) is 0 Å². The standard InChI is InChI=1S/C14H23BrN2/c1-5-13(16)8-11-6-7-12(15)9-14(11)17(4)10(2)3/h6-7,9-10,13H,5,8,16H2,1-4H3. The number of nitrogens with zero attached hydrogens (tertiary/aromatic N) is 1. The molecule has 0 aliphatic heterocycles. The fraction of sp³-hybridized carbons (Fsp3) is 0.571. The molecule has 2 N–H and O–H groups in total. The monoisotopic (exact) mass is 298 g/mol. The summed E-state index contributed by atoms with van der Waals surface area (Å²) >= 11 is 3.54. The summed E-state index contributed by atoms with van der Waals surface area (Å²) in [6.45, 7) is 6.53. The largest absolute Gasteiger partial charge is 0.372 e. The van der Waals surface area contributed by atoms with E-state index < -0.39 is 0 Å². The van der Waals surface area contributed by atoms with E-state index in [1.807, 2.05) is 0 Å². The Morgan fingerprint density at radius 3 is 2.53 bits per heavy atom. The average molecular weight is 299 g/mol. The molecule has 0 saturated carbocycles. The van der Waals surface area contributed by atoms with Gasteiger partial charge in [0.15, 0.2) is 0 Å². The summed E-state index contributed by atoms with van der Waals surface area (Å²) in [6.07, 6.45) is 1.96. The van der Waals surface area contributed by atoms with Gasteiger partial charge in [-0.3, -0.25) is 0 Å². The number of anilines is 1. The summed E-state index contributed by atoms with van der Waals surface area (Å²) < 4.78 is 1.12. The van der Waals surface area contributed by atoms with Gasteiger partial charge >= 0.3 is 0 Å². The van der Waals surface area contributed by atoms with Crippen LogP contribution in [0, 0.1) is 0 Å². The summed E-state index contributed by atoms with van der Waals surface area (Å²) in [4.78, 5) is 2.29. The number of hydrogen-bond donors (Lipinski definition) is 1. The van der Waals surface area contributed by atoms with Gasteiger partial charge in [0.1, 0.15) is 0 Å². The van der Waals surface area contributed by atoms with Crippen molar-refractivity contribution in [2.24, 2.45) is 5.73 Å². The second-order valence-electron chi connectivity index (χ2n) is 4.85. The summed E-state index contributed by atoms with van der Waals surface area (Å²) in [5, 5.41) is 0. The zero-order chi connectivity index (χ0) is 13.0. The van der Waals surface area contributed by atoms with Crippen LogP contribution in [0.4, 0.5) is 5.69 Å². The molecule has 0 aliphatic carbocycles. The Bertz CT molecular complexity index is 363. The van der Waals surface area contributed by atoms with Crippen molar-refractivity contribution in [3.8, 4) is 0 Å². The molecule has 0 saturated heterocycles. The molecule has 1 atom stereocenters. The fourth-order valence-electron chi connectivity index (χ4n) is 1.74. The van der Waals surface area contributed by atoms with Crippen molar-refractivity contribution in [1.82, 2.24) is 0 Å². The van der Waals surface area contributed by atoms with E-state index in [-0.39, 0.29) is 6.04 Å². The maximum absolute atomic E-state index is 6.06. The van der Waals surface area contributed by atoms with Crippen LogP contribution in [0.1, 0.15) is 32.8 Å². The molecular weight excluding hydrogens is 276 g/mol. The second kappa shape index (κ2) is 6.41. The summed E-state index contributed by atoms with van der Waals surface area (Å²) in [7, 11) is 2.13. The molecule has 1 unspecified atom stereocenters. The molecule has 0 spiro atoms. The van der Waals surface area contributed by atoms with E-state index in [1.54, 1.807) is 0 Å². The first-order valence-electron chi connectivity index (χ1n) is 6.22. The highest BCUT2D eigenvalue weighted by atomic mass is 79.9. The molecule has 96 valence electrons. The third kappa shape index (κ3) is 4.00. The Morgan fingerprint density at radius 1 is 1.35 bits per heavy atom. The predicted octanol–water partition coefficient (Wildman–Crippen LogP) is 3.57. The Labute approximate surface area is 113 Å². The molecular formula is C14H23BrN2. The number of hydrogen-bond acceptors (Lipinski definition) is 2. The molecule has 1 rings (SSSR count). The average Bonchev–Trinajstić information content (AvgIpc) is 2.30. The van der Waals surface area contributed by atoms with E-state index in [0.717, 1.165) is 17.3 Å². The SMILES string of the molecule is CCC(N)Cc1ccc(Br)cc1N(C)C(C)C. The van der Waals surface area contributed by atoms with Crippen molar-refractivity contribution in [3.05, 3.63) is 28.2 Å². The van der Waals surface area contributed by atoms with Gasteiger partial charge in [-0.05, 0) is 44.4 Å². The molecule has 2 nitrogen and oxygen atoms in total. The lowest BCUT2D eigenvalue weighted by Gasteiger charge is -2.27. The highest BCUT2D eigenvalue weighted by Crippen LogP contribution is 2.26. The summed E-state index contributed by atoms with van der Waals surface area (Å²) in [5.41, 5.74) is 8.67. The third-order valence-corrected chi connectivity index (χ3v) is 3.70. The van der Waals surface area contributed by atoms with E-state index in [4.69, 9.17) is 5.73 Å². The van der Waals surface area contributed by atoms with Crippen LogP contribution in [0.5, 0.6) is 0 Å². The van der Waals surface area contributed by atoms with E-state index in [0.29, 0.717) is 6.04 Å². The normalized spacial score (nSPS) is 12.9. The minimum absolute atomic E-state index is 0.246. The van der Waals surface area contributed by atoms with Gasteiger partial charge in [-0.1, -0.05) is 28.9 Å². The van der Waals surface area contributed by atoms with Crippen molar-refractivity contribution in [3.63, 3.8) is 0 Å². The van der Waals surface area contributed by atoms with Gasteiger partial charge in [0.05, 0.1) is 0 Å². The van der Waals surface area contributed by atoms with Crippen LogP contribution < -0.4 is 10.6 Å². The number of nitrogens with two attached hydrogens (primary N) is 1. The second-order valence-corrected chi connectivity index (χ2v) is 5.77. The molecule has 0 fully saturated rings. The van der Waals surface area contributed by atoms with E-state index >= 15 is 0 Å². The first-order chi connectivity index (χ1) is 7.95. The minimum atomic E-state index is 0.246. The fourth-order valence-corrected chi connectivity index (χ4v) is 2.09. The number of halogens is 1. The molecule has 0 aromatic heterocycles. The van der Waals surface area contributed by atoms with Gasteiger partial charge in [-0.2, -0.15) is 0 Å². The van der Waals surface area contributed by atoms with Crippen LogP contribution in [0.15, 0.2) is 22.7 Å². The quantitative estimate of drug-likeness (QED) is 0.900. The van der Waals surface area contributed by atoms with Gasteiger partial charge in [0.2, 0.25) is 0 Å². The first kappa shape index (κ1) is 14.5. The van der Waals surface area contributed by atoms with Gasteiger partial charge < -0.3 is 10.6 Å². The van der Waals surface area contributed by atoms with Crippen molar-refractivity contribution >= 4 is 21.6 Å². The predicted molar refractivity (Wildman–Crippen MR) is 79.7 cm³/mol. The lowest BCUT2D eigenvalue weighted by molar-refractivity contribution is 0.642. The molecule has 0 bridgehead atoms. The summed E-state index contributed by atoms with van der Waals surface area (Å²) in [5.74, 6) is 0. The molecule has 3 heteroatoms. The third-order valence-electron chi connectivity index (χ3n) is 3.21. The van der Waals surface area contributed by atoms with Crippen LogP contribution >= 0.6 is 15.9 Å². The minimum Gasteiger partial charge on any atom is -0.372 e. The molecule has 0 radical (unpaired) electrons.